The van der Waals surface area contributed by atoms with Crippen molar-refractivity contribution >= 4 is 38.9 Å². The molecule has 4 rings (SSSR count). The monoisotopic (exact) mass is 331 g/mol. The number of hydrogen-bond donors (Lipinski definition) is 0. The number of esters is 1. The molecule has 0 saturated heterocycles. The molecule has 0 N–H and O–H groups in total. The van der Waals surface area contributed by atoms with Crippen LogP contribution in [0, 0.1) is 0 Å². The molecule has 0 spiro atoms. The first-order valence-corrected chi connectivity index (χ1v) is 8.23. The minimum atomic E-state index is -0.437. The molecule has 2 aromatic heterocycles. The Morgan fingerprint density at radius 2 is 1.72 bits per heavy atom. The molecule has 0 unspecified atom stereocenters. The van der Waals surface area contributed by atoms with Gasteiger partial charge in [-0.2, -0.15) is 0 Å². The van der Waals surface area contributed by atoms with Crippen LogP contribution in [0.4, 0.5) is 0 Å². The molecule has 0 amide bonds. The Morgan fingerprint density at radius 3 is 2.48 bits per heavy atom. The number of methoxy groups -OCH3 is 1. The van der Waals surface area contributed by atoms with Gasteiger partial charge in [0.15, 0.2) is 5.78 Å². The van der Waals surface area contributed by atoms with Gasteiger partial charge in [-0.3, -0.25) is 4.79 Å². The molecule has 25 heavy (non-hydrogen) atoms. The van der Waals surface area contributed by atoms with E-state index < -0.39 is 5.97 Å². The summed E-state index contributed by atoms with van der Waals surface area (Å²) in [6.45, 7) is 1.82. The maximum Gasteiger partial charge on any atom is 0.340 e. The van der Waals surface area contributed by atoms with Gasteiger partial charge in [0.25, 0.3) is 0 Å². The molecule has 0 aliphatic rings. The summed E-state index contributed by atoms with van der Waals surface area (Å²) in [4.78, 5) is 24.6. The lowest BCUT2D eigenvalue weighted by Gasteiger charge is -2.09. The lowest BCUT2D eigenvalue weighted by atomic mass is 10.0. The van der Waals surface area contributed by atoms with E-state index in [2.05, 4.69) is 12.1 Å². The third kappa shape index (κ3) is 2.22. The number of pyridine rings is 1. The molecular formula is C21H17NO3. The van der Waals surface area contributed by atoms with Gasteiger partial charge < -0.3 is 9.14 Å². The lowest BCUT2D eigenvalue weighted by Crippen LogP contribution is -2.02. The normalized spacial score (nSPS) is 11.3. The number of aromatic nitrogens is 1. The van der Waals surface area contributed by atoms with Crippen molar-refractivity contribution in [1.82, 2.24) is 4.40 Å². The van der Waals surface area contributed by atoms with Gasteiger partial charge in [-0.05, 0) is 29.0 Å². The second kappa shape index (κ2) is 5.74. The standard InChI is InChI=1S/C21H17NO3/c1-3-20(23)19-12-16(21(24)25-2)18-11-9-15-14-7-5-4-6-13(14)8-10-17(15)22(18)19/h4-12H,3H2,1-2H3. The second-order valence-corrected chi connectivity index (χ2v) is 5.99. The summed E-state index contributed by atoms with van der Waals surface area (Å²) >= 11 is 0. The van der Waals surface area contributed by atoms with E-state index >= 15 is 0 Å². The third-order valence-corrected chi connectivity index (χ3v) is 4.65. The summed E-state index contributed by atoms with van der Waals surface area (Å²) < 4.78 is 6.76. The Hall–Kier alpha value is -3.14. The third-order valence-electron chi connectivity index (χ3n) is 4.65. The molecule has 0 aliphatic carbocycles. The van der Waals surface area contributed by atoms with Crippen molar-refractivity contribution in [2.75, 3.05) is 7.11 Å². The number of nitrogens with zero attached hydrogens (tertiary/aromatic N) is 1. The Bertz CT molecular complexity index is 1150. The zero-order valence-corrected chi connectivity index (χ0v) is 14.1. The van der Waals surface area contributed by atoms with Crippen LogP contribution in [0.3, 0.4) is 0 Å². The minimum absolute atomic E-state index is 0.00851. The predicted octanol–water partition coefficient (Wildman–Crippen LogP) is 4.63. The van der Waals surface area contributed by atoms with Crippen LogP contribution in [-0.4, -0.2) is 23.3 Å². The number of fused-ring (bicyclic) bond motifs is 5. The highest BCUT2D eigenvalue weighted by molar-refractivity contribution is 6.11. The first-order valence-electron chi connectivity index (χ1n) is 8.23. The fourth-order valence-electron chi connectivity index (χ4n) is 3.43. The summed E-state index contributed by atoms with van der Waals surface area (Å²) in [6.07, 6.45) is 0.372. The lowest BCUT2D eigenvalue weighted by molar-refractivity contribution is 0.0603. The van der Waals surface area contributed by atoms with Gasteiger partial charge in [0, 0.05) is 11.8 Å². The molecule has 4 nitrogen and oxygen atoms in total. The van der Waals surface area contributed by atoms with Gasteiger partial charge >= 0.3 is 5.97 Å². The van der Waals surface area contributed by atoms with E-state index in [9.17, 15) is 9.59 Å². The summed E-state index contributed by atoms with van der Waals surface area (Å²) in [5.41, 5.74) is 2.52. The number of benzene rings is 2. The zero-order chi connectivity index (χ0) is 17.6. The Morgan fingerprint density at radius 1 is 0.960 bits per heavy atom. The molecule has 0 radical (unpaired) electrons. The molecule has 2 heterocycles. The van der Waals surface area contributed by atoms with Gasteiger partial charge in [0.05, 0.1) is 29.4 Å². The number of rotatable bonds is 3. The second-order valence-electron chi connectivity index (χ2n) is 5.99. The van der Waals surface area contributed by atoms with Gasteiger partial charge in [-0.1, -0.05) is 43.3 Å². The smallest absolute Gasteiger partial charge is 0.340 e. The fourth-order valence-corrected chi connectivity index (χ4v) is 3.43. The Kier molecular flexibility index (Phi) is 3.53. The van der Waals surface area contributed by atoms with Gasteiger partial charge in [0.1, 0.15) is 0 Å². The van der Waals surface area contributed by atoms with Crippen LogP contribution in [0.2, 0.25) is 0 Å². The van der Waals surface area contributed by atoms with Crippen LogP contribution in [0.25, 0.3) is 27.2 Å². The quantitative estimate of drug-likeness (QED) is 0.312. The van der Waals surface area contributed by atoms with Gasteiger partial charge in [-0.15, -0.1) is 0 Å². The van der Waals surface area contributed by atoms with Crippen molar-refractivity contribution in [3.05, 3.63) is 65.9 Å². The first-order chi connectivity index (χ1) is 12.2. The van der Waals surface area contributed by atoms with Crippen molar-refractivity contribution < 1.29 is 14.3 Å². The fraction of sp³-hybridized carbons (Fsp3) is 0.143. The number of hydrogen-bond acceptors (Lipinski definition) is 3. The summed E-state index contributed by atoms with van der Waals surface area (Å²) in [7, 11) is 1.35. The molecule has 0 bridgehead atoms. The molecular weight excluding hydrogens is 314 g/mol. The van der Waals surface area contributed by atoms with Crippen LogP contribution in [0.15, 0.2) is 54.6 Å². The van der Waals surface area contributed by atoms with E-state index in [0.29, 0.717) is 23.2 Å². The van der Waals surface area contributed by atoms with Crippen LogP contribution in [-0.2, 0) is 4.74 Å². The van der Waals surface area contributed by atoms with E-state index in [1.807, 2.05) is 47.7 Å². The topological polar surface area (TPSA) is 47.8 Å². The van der Waals surface area contributed by atoms with Gasteiger partial charge in [-0.25, -0.2) is 4.79 Å². The Balaban J connectivity index is 2.19. The molecule has 4 aromatic rings. The van der Waals surface area contributed by atoms with Crippen molar-refractivity contribution in [3.8, 4) is 0 Å². The van der Waals surface area contributed by atoms with Crippen molar-refractivity contribution in [1.29, 1.82) is 0 Å². The molecule has 4 heteroatoms. The summed E-state index contributed by atoms with van der Waals surface area (Å²) in [5.74, 6) is -0.446. The van der Waals surface area contributed by atoms with E-state index in [0.717, 1.165) is 21.7 Å². The van der Waals surface area contributed by atoms with Crippen LogP contribution >= 0.6 is 0 Å². The maximum absolute atomic E-state index is 12.5. The molecule has 124 valence electrons. The number of ether oxygens (including phenoxy) is 1. The SMILES string of the molecule is CCC(=O)c1cc(C(=O)OC)c2ccc3c4ccccc4ccc3n12. The molecule has 0 atom stereocenters. The summed E-state index contributed by atoms with van der Waals surface area (Å²) in [6, 6.07) is 17.7. The number of carbonyl (C=O) groups is 2. The maximum atomic E-state index is 12.5. The van der Waals surface area contributed by atoms with E-state index in [4.69, 9.17) is 4.74 Å². The number of ketones is 1. The van der Waals surface area contributed by atoms with Crippen LogP contribution in [0.5, 0.6) is 0 Å². The first kappa shape index (κ1) is 15.4. The van der Waals surface area contributed by atoms with E-state index in [1.54, 1.807) is 6.07 Å². The number of Topliss-reactive ketones (excluding diaryl/α,β-unsaturated/α-hetero) is 1. The predicted molar refractivity (Wildman–Crippen MR) is 98.4 cm³/mol. The van der Waals surface area contributed by atoms with Gasteiger partial charge in [0.2, 0.25) is 0 Å². The average Bonchev–Trinajstić information content (AvgIpc) is 3.06. The van der Waals surface area contributed by atoms with Crippen LogP contribution < -0.4 is 0 Å². The highest BCUT2D eigenvalue weighted by Gasteiger charge is 2.20. The minimum Gasteiger partial charge on any atom is -0.465 e. The highest BCUT2D eigenvalue weighted by atomic mass is 16.5. The molecule has 0 fully saturated rings. The summed E-state index contributed by atoms with van der Waals surface area (Å²) in [5, 5.41) is 3.30. The molecule has 0 aliphatic heterocycles. The zero-order valence-electron chi connectivity index (χ0n) is 14.1. The van der Waals surface area contributed by atoms with Crippen molar-refractivity contribution in [3.63, 3.8) is 0 Å². The molecule has 0 saturated carbocycles. The van der Waals surface area contributed by atoms with Crippen molar-refractivity contribution in [2.24, 2.45) is 0 Å². The van der Waals surface area contributed by atoms with Crippen molar-refractivity contribution in [2.45, 2.75) is 13.3 Å². The van der Waals surface area contributed by atoms with E-state index in [-0.39, 0.29) is 5.78 Å². The average molecular weight is 331 g/mol. The number of carbonyl (C=O) groups excluding carboxylic acids is 2. The van der Waals surface area contributed by atoms with E-state index in [1.165, 1.54) is 7.11 Å². The van der Waals surface area contributed by atoms with Crippen LogP contribution in [0.1, 0.15) is 34.2 Å². The Labute approximate surface area is 144 Å². The molecule has 2 aromatic carbocycles. The largest absolute Gasteiger partial charge is 0.465 e. The highest BCUT2D eigenvalue weighted by Crippen LogP contribution is 2.30.